The van der Waals surface area contributed by atoms with Crippen LogP contribution in [0.4, 0.5) is 0 Å². The third kappa shape index (κ3) is 17.7. The van der Waals surface area contributed by atoms with Crippen molar-refractivity contribution in [3.63, 3.8) is 0 Å². The van der Waals surface area contributed by atoms with Gasteiger partial charge < -0.3 is 5.32 Å². The Labute approximate surface area is 76.6 Å². The summed E-state index contributed by atoms with van der Waals surface area (Å²) in [5.74, 6) is 0. The zero-order valence-electron chi connectivity index (χ0n) is 8.24. The molecule has 1 nitrogen and oxygen atoms in total. The molecule has 2 heteroatoms. The number of hydrogen-bond acceptors (Lipinski definition) is 1. The molecule has 0 fully saturated rings. The normalized spacial score (nSPS) is 8.00. The summed E-state index contributed by atoms with van der Waals surface area (Å²) in [6.45, 7) is 9.16. The SMILES string of the molecule is CC.CCCCCNC(C)=S. The van der Waals surface area contributed by atoms with Crippen LogP contribution in [0.15, 0.2) is 0 Å². The van der Waals surface area contributed by atoms with E-state index in [1.807, 2.05) is 20.8 Å². The maximum atomic E-state index is 4.83. The van der Waals surface area contributed by atoms with Crippen molar-refractivity contribution < 1.29 is 0 Å². The Hall–Kier alpha value is -0.110. The predicted molar refractivity (Wildman–Crippen MR) is 57.1 cm³/mol. The maximum absolute atomic E-state index is 4.83. The minimum Gasteiger partial charge on any atom is -0.380 e. The van der Waals surface area contributed by atoms with Gasteiger partial charge in [-0.1, -0.05) is 45.8 Å². The van der Waals surface area contributed by atoms with Crippen LogP contribution in [0.25, 0.3) is 0 Å². The highest BCUT2D eigenvalue weighted by Gasteiger charge is 1.85. The molecule has 0 aliphatic rings. The molecule has 0 aliphatic carbocycles. The second kappa shape index (κ2) is 12.6. The quantitative estimate of drug-likeness (QED) is 0.520. The minimum atomic E-state index is 0.908. The number of nitrogens with one attached hydrogen (secondary N) is 1. The summed E-state index contributed by atoms with van der Waals surface area (Å²) in [5, 5.41) is 3.11. The summed E-state index contributed by atoms with van der Waals surface area (Å²) >= 11 is 4.83. The smallest absolute Gasteiger partial charge is 0.0721 e. The van der Waals surface area contributed by atoms with Gasteiger partial charge in [-0.2, -0.15) is 0 Å². The fourth-order valence-electron chi connectivity index (χ4n) is 0.639. The second-order valence-corrected chi connectivity index (χ2v) is 2.80. The lowest BCUT2D eigenvalue weighted by molar-refractivity contribution is 0.697. The maximum Gasteiger partial charge on any atom is 0.0721 e. The van der Waals surface area contributed by atoms with Crippen molar-refractivity contribution in [1.82, 2.24) is 5.32 Å². The van der Waals surface area contributed by atoms with Crippen molar-refractivity contribution in [2.45, 2.75) is 47.0 Å². The van der Waals surface area contributed by atoms with Gasteiger partial charge in [-0.05, 0) is 13.3 Å². The number of unbranched alkanes of at least 4 members (excludes halogenated alkanes) is 2. The van der Waals surface area contributed by atoms with Gasteiger partial charge in [0.05, 0.1) is 4.99 Å². The third-order valence-corrected chi connectivity index (χ3v) is 1.30. The molecule has 1 N–H and O–H groups in total. The van der Waals surface area contributed by atoms with Gasteiger partial charge in [-0.15, -0.1) is 0 Å². The zero-order valence-corrected chi connectivity index (χ0v) is 9.05. The summed E-state index contributed by atoms with van der Waals surface area (Å²) in [4.78, 5) is 0.908. The molecule has 0 aromatic carbocycles. The van der Waals surface area contributed by atoms with Gasteiger partial charge in [-0.3, -0.25) is 0 Å². The van der Waals surface area contributed by atoms with E-state index in [9.17, 15) is 0 Å². The van der Waals surface area contributed by atoms with E-state index in [0.717, 1.165) is 11.5 Å². The predicted octanol–water partition coefficient (Wildman–Crippen LogP) is 3.14. The van der Waals surface area contributed by atoms with Gasteiger partial charge in [0.25, 0.3) is 0 Å². The molecule has 0 aromatic heterocycles. The van der Waals surface area contributed by atoms with Crippen LogP contribution in [0.3, 0.4) is 0 Å². The monoisotopic (exact) mass is 175 g/mol. The molecule has 0 atom stereocenters. The zero-order chi connectivity index (χ0) is 9.11. The van der Waals surface area contributed by atoms with Crippen LogP contribution in [0.1, 0.15) is 47.0 Å². The summed E-state index contributed by atoms with van der Waals surface area (Å²) in [5.41, 5.74) is 0. The van der Waals surface area contributed by atoms with Crippen LogP contribution in [0.2, 0.25) is 0 Å². The Morgan fingerprint density at radius 3 is 2.18 bits per heavy atom. The molecule has 0 aliphatic heterocycles. The van der Waals surface area contributed by atoms with E-state index in [0.29, 0.717) is 0 Å². The molecule has 0 rings (SSSR count). The first-order valence-corrected chi connectivity index (χ1v) is 4.92. The van der Waals surface area contributed by atoms with Gasteiger partial charge in [0.1, 0.15) is 0 Å². The van der Waals surface area contributed by atoms with Crippen LogP contribution in [0.5, 0.6) is 0 Å². The Kier molecular flexibility index (Phi) is 15.4. The Morgan fingerprint density at radius 1 is 1.27 bits per heavy atom. The molecule has 68 valence electrons. The van der Waals surface area contributed by atoms with Gasteiger partial charge in [0, 0.05) is 6.54 Å². The van der Waals surface area contributed by atoms with E-state index >= 15 is 0 Å². The lowest BCUT2D eigenvalue weighted by Crippen LogP contribution is -2.18. The van der Waals surface area contributed by atoms with Gasteiger partial charge in [0.2, 0.25) is 0 Å². The van der Waals surface area contributed by atoms with Crippen LogP contribution in [0, 0.1) is 0 Å². The molecule has 0 heterocycles. The molecule has 0 unspecified atom stereocenters. The van der Waals surface area contributed by atoms with E-state index in [2.05, 4.69) is 12.2 Å². The van der Waals surface area contributed by atoms with Gasteiger partial charge in [-0.25, -0.2) is 0 Å². The standard InChI is InChI=1S/C7H15NS.C2H6/c1-3-4-5-6-8-7(2)9;1-2/h3-6H2,1-2H3,(H,8,9);1-2H3. The number of rotatable bonds is 4. The van der Waals surface area contributed by atoms with Crippen molar-refractivity contribution in [3.05, 3.63) is 0 Å². The summed E-state index contributed by atoms with van der Waals surface area (Å²) < 4.78 is 0. The average Bonchev–Trinajstić information content (AvgIpc) is 2.02. The molecule has 11 heavy (non-hydrogen) atoms. The largest absolute Gasteiger partial charge is 0.380 e. The molecular formula is C9H21NS. The molecule has 0 saturated carbocycles. The molecule has 0 saturated heterocycles. The van der Waals surface area contributed by atoms with E-state index in [4.69, 9.17) is 12.2 Å². The van der Waals surface area contributed by atoms with Crippen LogP contribution in [-0.4, -0.2) is 11.5 Å². The fourth-order valence-corrected chi connectivity index (χ4v) is 0.741. The van der Waals surface area contributed by atoms with Crippen molar-refractivity contribution in [2.24, 2.45) is 0 Å². The topological polar surface area (TPSA) is 12.0 Å². The highest BCUT2D eigenvalue weighted by atomic mass is 32.1. The summed E-state index contributed by atoms with van der Waals surface area (Å²) in [7, 11) is 0. The third-order valence-electron chi connectivity index (χ3n) is 1.15. The fraction of sp³-hybridized carbons (Fsp3) is 0.889. The number of hydrogen-bond donors (Lipinski definition) is 1. The van der Waals surface area contributed by atoms with Gasteiger partial charge >= 0.3 is 0 Å². The summed E-state index contributed by atoms with van der Waals surface area (Å²) in [6, 6.07) is 0. The van der Waals surface area contributed by atoms with Crippen LogP contribution < -0.4 is 5.32 Å². The second-order valence-electron chi connectivity index (χ2n) is 2.19. The first-order valence-electron chi connectivity index (χ1n) is 4.51. The highest BCUT2D eigenvalue weighted by Crippen LogP contribution is 1.90. The first kappa shape index (κ1) is 13.5. The van der Waals surface area contributed by atoms with Crippen molar-refractivity contribution >= 4 is 17.2 Å². The number of thiocarbonyl (C=S) groups is 1. The molecular weight excluding hydrogens is 154 g/mol. The lowest BCUT2D eigenvalue weighted by Gasteiger charge is -2.00. The summed E-state index contributed by atoms with van der Waals surface area (Å²) in [6.07, 6.45) is 3.82. The molecule has 0 spiro atoms. The van der Waals surface area contributed by atoms with E-state index in [1.54, 1.807) is 0 Å². The Bertz CT molecular complexity index is 81.6. The first-order chi connectivity index (χ1) is 5.27. The lowest BCUT2D eigenvalue weighted by atomic mass is 10.2. The van der Waals surface area contributed by atoms with E-state index in [1.165, 1.54) is 19.3 Å². The Morgan fingerprint density at radius 2 is 1.82 bits per heavy atom. The van der Waals surface area contributed by atoms with Crippen molar-refractivity contribution in [1.29, 1.82) is 0 Å². The molecule has 0 amide bonds. The highest BCUT2D eigenvalue weighted by molar-refractivity contribution is 7.80. The van der Waals surface area contributed by atoms with E-state index < -0.39 is 0 Å². The molecule has 0 bridgehead atoms. The van der Waals surface area contributed by atoms with E-state index in [-0.39, 0.29) is 0 Å². The average molecular weight is 175 g/mol. The Balaban J connectivity index is 0. The van der Waals surface area contributed by atoms with Crippen LogP contribution in [-0.2, 0) is 0 Å². The van der Waals surface area contributed by atoms with Gasteiger partial charge in [0.15, 0.2) is 0 Å². The molecule has 0 radical (unpaired) electrons. The minimum absolute atomic E-state index is 0.908. The molecule has 0 aromatic rings. The van der Waals surface area contributed by atoms with Crippen molar-refractivity contribution in [3.8, 4) is 0 Å². The van der Waals surface area contributed by atoms with Crippen molar-refractivity contribution in [2.75, 3.05) is 6.54 Å². The van der Waals surface area contributed by atoms with Crippen LogP contribution >= 0.6 is 12.2 Å².